The van der Waals surface area contributed by atoms with Crippen molar-refractivity contribution in [2.75, 3.05) is 25.1 Å². The van der Waals surface area contributed by atoms with Gasteiger partial charge in [-0.2, -0.15) is 18.4 Å². The standard InChI is InChI=1S/C14H17F3N2O/c1-19(7-3-2-4-8-20)13-6-5-12(14(15,16)17)9-11(13)10-18/h5-6,9,20H,2-4,7-8H2,1H3. The summed E-state index contributed by atoms with van der Waals surface area (Å²) in [5.41, 5.74) is -0.305. The lowest BCUT2D eigenvalue weighted by molar-refractivity contribution is -0.137. The van der Waals surface area contributed by atoms with Crippen molar-refractivity contribution in [1.82, 2.24) is 0 Å². The predicted octanol–water partition coefficient (Wildman–Crippen LogP) is 3.18. The molecule has 0 atom stereocenters. The van der Waals surface area contributed by atoms with Crippen molar-refractivity contribution < 1.29 is 18.3 Å². The Hall–Kier alpha value is -1.74. The van der Waals surface area contributed by atoms with Gasteiger partial charge in [0.15, 0.2) is 0 Å². The van der Waals surface area contributed by atoms with Gasteiger partial charge in [-0.3, -0.25) is 0 Å². The number of unbranched alkanes of at least 4 members (excludes halogenated alkanes) is 2. The van der Waals surface area contributed by atoms with E-state index in [9.17, 15) is 13.2 Å². The molecule has 0 spiro atoms. The van der Waals surface area contributed by atoms with Crippen LogP contribution in [0.2, 0.25) is 0 Å². The third-order valence-electron chi connectivity index (χ3n) is 3.01. The van der Waals surface area contributed by atoms with Crippen LogP contribution in [0.25, 0.3) is 0 Å². The summed E-state index contributed by atoms with van der Waals surface area (Å²) in [6.45, 7) is 0.757. The fourth-order valence-electron chi connectivity index (χ4n) is 1.89. The zero-order valence-electron chi connectivity index (χ0n) is 11.2. The number of aliphatic hydroxyl groups excluding tert-OH is 1. The molecule has 0 aliphatic heterocycles. The van der Waals surface area contributed by atoms with E-state index in [0.29, 0.717) is 18.7 Å². The van der Waals surface area contributed by atoms with Crippen LogP contribution in [0.1, 0.15) is 30.4 Å². The Morgan fingerprint density at radius 3 is 2.50 bits per heavy atom. The third kappa shape index (κ3) is 4.42. The van der Waals surface area contributed by atoms with Gasteiger partial charge in [-0.25, -0.2) is 0 Å². The van der Waals surface area contributed by atoms with Crippen LogP contribution in [-0.4, -0.2) is 25.3 Å². The van der Waals surface area contributed by atoms with E-state index in [2.05, 4.69) is 0 Å². The highest BCUT2D eigenvalue weighted by molar-refractivity contribution is 5.60. The van der Waals surface area contributed by atoms with Crippen molar-refractivity contribution in [1.29, 1.82) is 5.26 Å². The summed E-state index contributed by atoms with van der Waals surface area (Å²) in [5, 5.41) is 17.7. The number of halogens is 3. The van der Waals surface area contributed by atoms with Gasteiger partial charge < -0.3 is 10.0 Å². The van der Waals surface area contributed by atoms with Gasteiger partial charge in [0.2, 0.25) is 0 Å². The number of rotatable bonds is 6. The van der Waals surface area contributed by atoms with E-state index in [4.69, 9.17) is 10.4 Å². The summed E-state index contributed by atoms with van der Waals surface area (Å²) in [6, 6.07) is 5.00. The Balaban J connectivity index is 2.82. The Labute approximate surface area is 116 Å². The molecule has 1 aromatic carbocycles. The highest BCUT2D eigenvalue weighted by Gasteiger charge is 2.31. The van der Waals surface area contributed by atoms with Crippen LogP contribution in [0, 0.1) is 11.3 Å². The maximum Gasteiger partial charge on any atom is 0.416 e. The first-order chi connectivity index (χ1) is 9.40. The second-order valence-corrected chi connectivity index (χ2v) is 4.55. The van der Waals surface area contributed by atoms with Gasteiger partial charge in [0.25, 0.3) is 0 Å². The molecule has 1 N–H and O–H groups in total. The molecule has 1 aromatic rings. The van der Waals surface area contributed by atoms with Crippen LogP contribution >= 0.6 is 0 Å². The van der Waals surface area contributed by atoms with Gasteiger partial charge in [-0.15, -0.1) is 0 Å². The van der Waals surface area contributed by atoms with E-state index >= 15 is 0 Å². The maximum atomic E-state index is 12.6. The minimum absolute atomic E-state index is 0.0180. The molecule has 3 nitrogen and oxygen atoms in total. The molecule has 0 fully saturated rings. The van der Waals surface area contributed by atoms with Crippen LogP contribution < -0.4 is 4.90 Å². The number of benzene rings is 1. The molecular formula is C14H17F3N2O. The van der Waals surface area contributed by atoms with Gasteiger partial charge >= 0.3 is 6.18 Å². The summed E-state index contributed by atoms with van der Waals surface area (Å²) in [7, 11) is 1.74. The maximum absolute atomic E-state index is 12.6. The normalized spacial score (nSPS) is 11.2. The molecule has 0 radical (unpaired) electrons. The van der Waals surface area contributed by atoms with Gasteiger partial charge in [0.05, 0.1) is 16.8 Å². The minimum atomic E-state index is -4.44. The number of hydrogen-bond acceptors (Lipinski definition) is 3. The van der Waals surface area contributed by atoms with Crippen molar-refractivity contribution in [3.05, 3.63) is 29.3 Å². The fraction of sp³-hybridized carbons (Fsp3) is 0.500. The predicted molar refractivity (Wildman–Crippen MR) is 70.4 cm³/mol. The molecule has 110 valence electrons. The number of nitrogens with zero attached hydrogens (tertiary/aromatic N) is 2. The molecule has 0 aliphatic rings. The molecule has 0 unspecified atom stereocenters. The molecule has 0 aliphatic carbocycles. The first kappa shape index (κ1) is 16.3. The summed E-state index contributed by atoms with van der Waals surface area (Å²) in [6.07, 6.45) is -2.10. The number of nitriles is 1. The number of aliphatic hydroxyl groups is 1. The lowest BCUT2D eigenvalue weighted by Crippen LogP contribution is -2.20. The second-order valence-electron chi connectivity index (χ2n) is 4.55. The average molecular weight is 286 g/mol. The highest BCUT2D eigenvalue weighted by Crippen LogP contribution is 2.32. The molecule has 0 aromatic heterocycles. The number of hydrogen-bond donors (Lipinski definition) is 1. The van der Waals surface area contributed by atoms with E-state index in [1.807, 2.05) is 6.07 Å². The topological polar surface area (TPSA) is 47.3 Å². The van der Waals surface area contributed by atoms with Gasteiger partial charge in [-0.1, -0.05) is 0 Å². The van der Waals surface area contributed by atoms with E-state index in [1.54, 1.807) is 11.9 Å². The summed E-state index contributed by atoms with van der Waals surface area (Å²) < 4.78 is 37.7. The Bertz CT molecular complexity index is 480. The zero-order valence-corrected chi connectivity index (χ0v) is 11.2. The Morgan fingerprint density at radius 2 is 1.95 bits per heavy atom. The first-order valence-electron chi connectivity index (χ1n) is 6.33. The highest BCUT2D eigenvalue weighted by atomic mass is 19.4. The van der Waals surface area contributed by atoms with E-state index in [1.165, 1.54) is 6.07 Å². The second kappa shape index (κ2) is 7.15. The van der Waals surface area contributed by atoms with Crippen molar-refractivity contribution >= 4 is 5.69 Å². The van der Waals surface area contributed by atoms with Crippen molar-refractivity contribution in [2.45, 2.75) is 25.4 Å². The van der Waals surface area contributed by atoms with Gasteiger partial charge in [0, 0.05) is 20.2 Å². The Morgan fingerprint density at radius 1 is 1.25 bits per heavy atom. The monoisotopic (exact) mass is 286 g/mol. The molecule has 0 bridgehead atoms. The summed E-state index contributed by atoms with van der Waals surface area (Å²) in [4.78, 5) is 1.76. The van der Waals surface area contributed by atoms with E-state index < -0.39 is 11.7 Å². The lowest BCUT2D eigenvalue weighted by Gasteiger charge is -2.21. The van der Waals surface area contributed by atoms with E-state index in [0.717, 1.165) is 25.0 Å². The number of alkyl halides is 3. The summed E-state index contributed by atoms with van der Waals surface area (Å²) >= 11 is 0. The lowest BCUT2D eigenvalue weighted by atomic mass is 10.1. The minimum Gasteiger partial charge on any atom is -0.396 e. The molecule has 1 rings (SSSR count). The van der Waals surface area contributed by atoms with Crippen LogP contribution in [-0.2, 0) is 6.18 Å². The SMILES string of the molecule is CN(CCCCCO)c1ccc(C(F)(F)F)cc1C#N. The largest absolute Gasteiger partial charge is 0.416 e. The van der Waals surface area contributed by atoms with Crippen molar-refractivity contribution in [3.63, 3.8) is 0 Å². The first-order valence-corrected chi connectivity index (χ1v) is 6.33. The van der Waals surface area contributed by atoms with Gasteiger partial charge in [0.1, 0.15) is 6.07 Å². The molecule has 0 amide bonds. The molecule has 0 saturated heterocycles. The fourth-order valence-corrected chi connectivity index (χ4v) is 1.89. The molecule has 0 saturated carbocycles. The molecule has 0 heterocycles. The van der Waals surface area contributed by atoms with Crippen LogP contribution in [0.4, 0.5) is 18.9 Å². The molecule has 6 heteroatoms. The number of anilines is 1. The van der Waals surface area contributed by atoms with Crippen LogP contribution in [0.5, 0.6) is 0 Å². The summed E-state index contributed by atoms with van der Waals surface area (Å²) in [5.74, 6) is 0. The average Bonchev–Trinajstić information content (AvgIpc) is 2.41. The van der Waals surface area contributed by atoms with E-state index in [-0.39, 0.29) is 12.2 Å². The molecule has 20 heavy (non-hydrogen) atoms. The van der Waals surface area contributed by atoms with Crippen molar-refractivity contribution in [2.24, 2.45) is 0 Å². The van der Waals surface area contributed by atoms with Crippen LogP contribution in [0.3, 0.4) is 0 Å². The zero-order chi connectivity index (χ0) is 15.2. The quantitative estimate of drug-likeness (QED) is 0.817. The Kier molecular flexibility index (Phi) is 5.83. The third-order valence-corrected chi connectivity index (χ3v) is 3.01. The van der Waals surface area contributed by atoms with Crippen LogP contribution in [0.15, 0.2) is 18.2 Å². The smallest absolute Gasteiger partial charge is 0.396 e. The molecular weight excluding hydrogens is 269 g/mol. The van der Waals surface area contributed by atoms with Crippen molar-refractivity contribution in [3.8, 4) is 6.07 Å². The van der Waals surface area contributed by atoms with Gasteiger partial charge in [-0.05, 0) is 37.5 Å².